The molecule has 0 aromatic carbocycles. The molecule has 0 amide bonds. The first-order valence-electron chi connectivity index (χ1n) is 7.87. The summed E-state index contributed by atoms with van der Waals surface area (Å²) in [5.74, 6) is -5.99. The van der Waals surface area contributed by atoms with Crippen LogP contribution >= 0.6 is 35.7 Å². The molecule has 23 heteroatoms. The number of hydrogen-bond donors (Lipinski definition) is 6. The lowest BCUT2D eigenvalue weighted by molar-refractivity contribution is -0.204. The van der Waals surface area contributed by atoms with Crippen molar-refractivity contribution in [2.45, 2.75) is 23.9 Å². The van der Waals surface area contributed by atoms with Crippen molar-refractivity contribution in [2.75, 3.05) is 19.0 Å². The van der Waals surface area contributed by atoms with Crippen LogP contribution < -0.4 is 5.73 Å². The number of hydrogen-bond acceptors (Lipinski definition) is 11. The molecule has 190 valence electrons. The average molecular weight is 569 g/mol. The van der Waals surface area contributed by atoms with E-state index in [9.17, 15) is 32.5 Å². The van der Waals surface area contributed by atoms with Gasteiger partial charge < -0.3 is 35.2 Å². The maximum atomic E-state index is 15.1. The molecule has 15 nitrogen and oxygen atoms in total. The molecule has 33 heavy (non-hydrogen) atoms. The Morgan fingerprint density at radius 3 is 2.30 bits per heavy atom. The highest BCUT2D eigenvalue weighted by molar-refractivity contribution is 7.71. The molecule has 0 radical (unpaired) electrons. The largest absolute Gasteiger partial charge is 0.490 e. The summed E-state index contributed by atoms with van der Waals surface area (Å²) in [5.41, 5.74) is 1.45. The third-order valence-corrected chi connectivity index (χ3v) is 7.90. The van der Waals surface area contributed by atoms with Gasteiger partial charge in [-0.25, -0.2) is 31.3 Å². The fraction of sp³-hybridized carbons (Fsp3) is 0.600. The topological polar surface area (TPSA) is 233 Å². The summed E-state index contributed by atoms with van der Waals surface area (Å²) in [6.45, 7) is -4.17. The number of rotatable bonds is 9. The van der Waals surface area contributed by atoms with Gasteiger partial charge in [-0.15, -0.1) is 0 Å². The second kappa shape index (κ2) is 9.31. The maximum Gasteiger partial charge on any atom is 0.490 e. The third kappa shape index (κ3) is 6.43. The molecule has 1 saturated heterocycles. The Bertz CT molecular complexity index is 1120. The van der Waals surface area contributed by atoms with Crippen molar-refractivity contribution in [3.8, 4) is 0 Å². The molecule has 1 aliphatic heterocycles. The zero-order chi connectivity index (χ0) is 25.6. The number of aromatic nitrogens is 2. The Morgan fingerprint density at radius 2 is 1.79 bits per heavy atom. The Kier molecular flexibility index (Phi) is 8.01. The van der Waals surface area contributed by atoms with Gasteiger partial charge in [0, 0.05) is 6.20 Å². The van der Waals surface area contributed by atoms with Crippen molar-refractivity contribution < 1.29 is 73.8 Å². The lowest BCUT2D eigenvalue weighted by Crippen LogP contribution is -2.49. The summed E-state index contributed by atoms with van der Waals surface area (Å²) in [5, 5.41) is 9.97. The Balaban J connectivity index is 2.30. The quantitative estimate of drug-likeness (QED) is 0.138. The van der Waals surface area contributed by atoms with Crippen LogP contribution in [-0.4, -0.2) is 65.1 Å². The van der Waals surface area contributed by atoms with E-state index >= 15 is 8.78 Å². The summed E-state index contributed by atoms with van der Waals surface area (Å²) in [7, 11) is -17.6. The van der Waals surface area contributed by atoms with E-state index in [0.29, 0.717) is 6.20 Å². The highest BCUT2D eigenvalue weighted by Crippen LogP contribution is 2.66. The van der Waals surface area contributed by atoms with Gasteiger partial charge in [0.15, 0.2) is 24.0 Å². The van der Waals surface area contributed by atoms with E-state index in [-0.39, 0.29) is 4.57 Å². The standard InChI is InChI=1S/C10H14F4N3O12P3S/c11-2-9(13)6(18)10(14,27-7(9)17-1-4(12)5(15)16-8(17)33)3-26-31(22,23)29-32(24,25)28-30(19,20)21/h1,6-7,18H,2-3H2,(H,22,23)(H,24,25)(H2,15,16,33)(H2,19,20,21)/t6?,7-,9-,10-/m1/s1. The van der Waals surface area contributed by atoms with Crippen LogP contribution in [0.1, 0.15) is 6.23 Å². The number of nitrogen functional groups attached to an aromatic ring is 1. The van der Waals surface area contributed by atoms with Gasteiger partial charge in [-0.2, -0.15) is 13.6 Å². The minimum atomic E-state index is -5.98. The first-order valence-corrected chi connectivity index (χ1v) is 12.8. The molecular formula is C10H14F4N3O12P3S. The first-order chi connectivity index (χ1) is 14.8. The van der Waals surface area contributed by atoms with E-state index in [4.69, 9.17) is 20.4 Å². The molecule has 1 aromatic heterocycles. The normalized spacial score (nSPS) is 31.8. The van der Waals surface area contributed by atoms with E-state index in [2.05, 4.69) is 35.1 Å². The fourth-order valence-electron chi connectivity index (χ4n) is 2.48. The highest BCUT2D eigenvalue weighted by Gasteiger charge is 2.67. The van der Waals surface area contributed by atoms with Crippen LogP contribution in [0.3, 0.4) is 0 Å². The number of phosphoric ester groups is 1. The minimum Gasteiger partial charge on any atom is -0.383 e. The first kappa shape index (κ1) is 28.4. The van der Waals surface area contributed by atoms with Crippen LogP contribution in [-0.2, 0) is 31.6 Å². The van der Waals surface area contributed by atoms with Crippen molar-refractivity contribution in [1.29, 1.82) is 0 Å². The highest BCUT2D eigenvalue weighted by atomic mass is 32.1. The number of aliphatic hydroxyl groups excluding tert-OH is 1. The van der Waals surface area contributed by atoms with Crippen molar-refractivity contribution in [2.24, 2.45) is 0 Å². The molecule has 7 N–H and O–H groups in total. The van der Waals surface area contributed by atoms with Gasteiger partial charge in [-0.05, 0) is 12.2 Å². The molecule has 1 aromatic rings. The lowest BCUT2D eigenvalue weighted by Gasteiger charge is -2.27. The van der Waals surface area contributed by atoms with Gasteiger partial charge in [0.1, 0.15) is 13.3 Å². The van der Waals surface area contributed by atoms with Gasteiger partial charge >= 0.3 is 23.5 Å². The molecular weight excluding hydrogens is 555 g/mol. The lowest BCUT2D eigenvalue weighted by atomic mass is 9.96. The van der Waals surface area contributed by atoms with Gasteiger partial charge in [0.05, 0.1) is 0 Å². The molecule has 3 unspecified atom stereocenters. The molecule has 0 saturated carbocycles. The van der Waals surface area contributed by atoms with E-state index < -0.39 is 77.0 Å². The minimum absolute atomic E-state index is 0.246. The molecule has 0 bridgehead atoms. The number of nitrogens with zero attached hydrogens (tertiary/aromatic N) is 2. The number of nitrogens with two attached hydrogens (primary N) is 1. The average Bonchev–Trinajstić information content (AvgIpc) is 2.82. The van der Waals surface area contributed by atoms with Gasteiger partial charge in [0.25, 0.3) is 5.85 Å². The number of alkyl halides is 3. The van der Waals surface area contributed by atoms with E-state index in [1.807, 2.05) is 0 Å². The molecule has 6 atom stereocenters. The zero-order valence-corrected chi connectivity index (χ0v) is 19.0. The van der Waals surface area contributed by atoms with Crippen molar-refractivity contribution in [3.63, 3.8) is 0 Å². The monoisotopic (exact) mass is 569 g/mol. The Labute approximate surface area is 185 Å². The van der Waals surface area contributed by atoms with E-state index in [1.165, 1.54) is 0 Å². The second-order valence-electron chi connectivity index (χ2n) is 6.25. The predicted molar refractivity (Wildman–Crippen MR) is 97.0 cm³/mol. The summed E-state index contributed by atoms with van der Waals surface area (Å²) in [4.78, 5) is 38.6. The number of anilines is 1. The van der Waals surface area contributed by atoms with Crippen LogP contribution in [0.2, 0.25) is 0 Å². The molecule has 1 fully saturated rings. The van der Waals surface area contributed by atoms with Crippen molar-refractivity contribution >= 4 is 41.5 Å². The van der Waals surface area contributed by atoms with E-state index in [1.54, 1.807) is 0 Å². The summed E-state index contributed by atoms with van der Waals surface area (Å²) >= 11 is 4.69. The van der Waals surface area contributed by atoms with E-state index in [0.717, 1.165) is 0 Å². The van der Waals surface area contributed by atoms with Crippen LogP contribution in [0.4, 0.5) is 23.4 Å². The Morgan fingerprint density at radius 1 is 1.21 bits per heavy atom. The van der Waals surface area contributed by atoms with Gasteiger partial charge in [-0.1, -0.05) is 0 Å². The summed E-state index contributed by atoms with van der Waals surface area (Å²) in [6, 6.07) is 0. The molecule has 1 aliphatic rings. The fourth-order valence-corrected chi connectivity index (χ4v) is 5.76. The van der Waals surface area contributed by atoms with Gasteiger partial charge in [0.2, 0.25) is 10.4 Å². The Hall–Kier alpha value is -0.850. The number of phosphoric acid groups is 3. The van der Waals surface area contributed by atoms with Crippen LogP contribution in [0.15, 0.2) is 6.20 Å². The number of ether oxygens (including phenoxy) is 1. The molecule has 2 rings (SSSR count). The second-order valence-corrected chi connectivity index (χ2v) is 11.0. The molecule has 0 aliphatic carbocycles. The molecule has 0 spiro atoms. The van der Waals surface area contributed by atoms with Crippen molar-refractivity contribution in [3.05, 3.63) is 16.8 Å². The van der Waals surface area contributed by atoms with Gasteiger partial charge in [-0.3, -0.25) is 9.09 Å². The third-order valence-electron chi connectivity index (χ3n) is 3.81. The smallest absolute Gasteiger partial charge is 0.383 e. The number of aliphatic hydroxyl groups is 1. The zero-order valence-electron chi connectivity index (χ0n) is 15.5. The van der Waals surface area contributed by atoms with Crippen LogP contribution in [0, 0.1) is 10.6 Å². The maximum absolute atomic E-state index is 15.1. The predicted octanol–water partition coefficient (Wildman–Crippen LogP) is 0.910. The van der Waals surface area contributed by atoms with Crippen LogP contribution in [0.25, 0.3) is 0 Å². The molecule has 2 heterocycles. The summed E-state index contributed by atoms with van der Waals surface area (Å²) < 4.78 is 106. The van der Waals surface area contributed by atoms with Crippen LogP contribution in [0.5, 0.6) is 0 Å². The van der Waals surface area contributed by atoms with Crippen molar-refractivity contribution in [1.82, 2.24) is 9.55 Å². The summed E-state index contributed by atoms with van der Waals surface area (Å²) in [6.07, 6.45) is -5.36. The number of halogens is 4. The SMILES string of the molecule is Nc1nc(=S)n([C@@H]2O[C@](F)(COP(=O)(O)OP(=O)(O)OP(=O)(O)O)C(O)[C@]2(F)CF)cc1F.